The topological polar surface area (TPSA) is 100 Å². The number of amides is 2. The molecule has 1 aromatic heterocycles. The van der Waals surface area contributed by atoms with Crippen molar-refractivity contribution in [2.24, 2.45) is 5.84 Å². The second-order valence-corrected chi connectivity index (χ2v) is 4.85. The Morgan fingerprint density at radius 2 is 2.32 bits per heavy atom. The van der Waals surface area contributed by atoms with Crippen molar-refractivity contribution in [1.29, 1.82) is 0 Å². The van der Waals surface area contributed by atoms with Crippen LogP contribution in [0.25, 0.3) is 0 Å². The van der Waals surface area contributed by atoms with Crippen LogP contribution in [0.1, 0.15) is 24.3 Å². The van der Waals surface area contributed by atoms with Crippen LogP contribution in [0.5, 0.6) is 0 Å². The molecule has 1 fully saturated rings. The van der Waals surface area contributed by atoms with Gasteiger partial charge in [0.25, 0.3) is 5.91 Å². The fourth-order valence-electron chi connectivity index (χ4n) is 2.03. The van der Waals surface area contributed by atoms with E-state index in [2.05, 4.69) is 15.7 Å². The maximum Gasteiger partial charge on any atom is 0.273 e. The number of rotatable bonds is 2. The van der Waals surface area contributed by atoms with E-state index in [0.717, 1.165) is 0 Å². The normalized spacial score (nSPS) is 17.8. The van der Waals surface area contributed by atoms with Gasteiger partial charge in [0, 0.05) is 19.3 Å². The fourth-order valence-corrected chi connectivity index (χ4v) is 2.03. The number of carbonyl (C=O) groups is 2. The third-order valence-corrected chi connectivity index (χ3v) is 3.24. The molecule has 0 aromatic carbocycles. The number of nitrogens with two attached hydrogens (primary N) is 1. The molecule has 0 bridgehead atoms. The molecule has 1 saturated heterocycles. The molecule has 0 radical (unpaired) electrons. The minimum atomic E-state index is -0.886. The summed E-state index contributed by atoms with van der Waals surface area (Å²) in [6.07, 6.45) is 1.50. The highest BCUT2D eigenvalue weighted by atomic mass is 16.2. The summed E-state index contributed by atoms with van der Waals surface area (Å²) >= 11 is 0. The van der Waals surface area contributed by atoms with Gasteiger partial charge in [-0.05, 0) is 26.0 Å². The second kappa shape index (κ2) is 4.85. The lowest BCUT2D eigenvalue weighted by Crippen LogP contribution is -2.63. The maximum absolute atomic E-state index is 12.4. The molecule has 0 spiro atoms. The zero-order valence-corrected chi connectivity index (χ0v) is 10.9. The number of anilines is 1. The van der Waals surface area contributed by atoms with E-state index in [4.69, 9.17) is 5.84 Å². The Labute approximate surface area is 111 Å². The highest BCUT2D eigenvalue weighted by molar-refractivity contribution is 5.98. The number of hydrazine groups is 1. The quantitative estimate of drug-likeness (QED) is 0.503. The third kappa shape index (κ3) is 2.37. The Morgan fingerprint density at radius 3 is 3.00 bits per heavy atom. The molecule has 1 aliphatic rings. The van der Waals surface area contributed by atoms with Crippen LogP contribution in [-0.2, 0) is 4.79 Å². The molecule has 4 N–H and O–H groups in total. The van der Waals surface area contributed by atoms with E-state index in [-0.39, 0.29) is 17.5 Å². The van der Waals surface area contributed by atoms with Crippen LogP contribution < -0.4 is 16.6 Å². The first-order chi connectivity index (χ1) is 8.96. The van der Waals surface area contributed by atoms with E-state index in [1.807, 2.05) is 0 Å². The van der Waals surface area contributed by atoms with Crippen molar-refractivity contribution in [2.75, 3.05) is 18.5 Å². The zero-order chi connectivity index (χ0) is 14.0. The molecule has 2 heterocycles. The predicted octanol–water partition coefficient (Wildman–Crippen LogP) is -0.282. The van der Waals surface area contributed by atoms with E-state index >= 15 is 0 Å². The summed E-state index contributed by atoms with van der Waals surface area (Å²) in [4.78, 5) is 29.8. The molecule has 0 saturated carbocycles. The average Bonchev–Trinajstić information content (AvgIpc) is 2.41. The highest BCUT2D eigenvalue weighted by Crippen LogP contribution is 2.20. The molecule has 0 unspecified atom stereocenters. The lowest BCUT2D eigenvalue weighted by atomic mass is 9.98. The van der Waals surface area contributed by atoms with Crippen molar-refractivity contribution < 1.29 is 9.59 Å². The van der Waals surface area contributed by atoms with E-state index in [9.17, 15) is 9.59 Å². The summed E-state index contributed by atoms with van der Waals surface area (Å²) in [6, 6.07) is 3.22. The number of nitrogens with one attached hydrogen (secondary N) is 2. The van der Waals surface area contributed by atoms with Crippen LogP contribution in [0.3, 0.4) is 0 Å². The summed E-state index contributed by atoms with van der Waals surface area (Å²) in [5.74, 6) is 4.86. The van der Waals surface area contributed by atoms with Gasteiger partial charge < -0.3 is 15.6 Å². The molecule has 7 heteroatoms. The number of pyridine rings is 1. The number of aromatic nitrogens is 1. The van der Waals surface area contributed by atoms with Crippen LogP contribution >= 0.6 is 0 Å². The van der Waals surface area contributed by atoms with Crippen LogP contribution in [0, 0.1) is 0 Å². The lowest BCUT2D eigenvalue weighted by molar-refractivity contribution is -0.133. The Balaban J connectivity index is 2.30. The van der Waals surface area contributed by atoms with Gasteiger partial charge in [-0.25, -0.2) is 0 Å². The van der Waals surface area contributed by atoms with Crippen molar-refractivity contribution in [3.05, 3.63) is 24.0 Å². The second-order valence-electron chi connectivity index (χ2n) is 4.85. The summed E-state index contributed by atoms with van der Waals surface area (Å²) in [5, 5.41) is 2.75. The summed E-state index contributed by atoms with van der Waals surface area (Å²) in [7, 11) is 0. The standard InChI is InChI=1S/C12H17N5O2/c1-12(2)11(19)15-5-6-17(12)10(18)9-7-8(16-13)3-4-14-9/h3-4,7H,5-6,13H2,1-2H3,(H,14,16)(H,15,19). The lowest BCUT2D eigenvalue weighted by Gasteiger charge is -2.40. The summed E-state index contributed by atoms with van der Waals surface area (Å²) in [6.45, 7) is 4.33. The Morgan fingerprint density at radius 1 is 1.58 bits per heavy atom. The number of piperazine rings is 1. The number of nitrogens with zero attached hydrogens (tertiary/aromatic N) is 2. The van der Waals surface area contributed by atoms with Crippen molar-refractivity contribution in [1.82, 2.24) is 15.2 Å². The van der Waals surface area contributed by atoms with E-state index in [1.165, 1.54) is 11.1 Å². The van der Waals surface area contributed by atoms with Crippen molar-refractivity contribution in [3.63, 3.8) is 0 Å². The van der Waals surface area contributed by atoms with Crippen molar-refractivity contribution in [3.8, 4) is 0 Å². The molecule has 0 atom stereocenters. The predicted molar refractivity (Wildman–Crippen MR) is 70.2 cm³/mol. The molecular formula is C12H17N5O2. The maximum atomic E-state index is 12.4. The first-order valence-corrected chi connectivity index (χ1v) is 6.00. The molecule has 1 aliphatic heterocycles. The molecule has 2 rings (SSSR count). The Bertz CT molecular complexity index is 515. The number of hydrogen-bond acceptors (Lipinski definition) is 5. The summed E-state index contributed by atoms with van der Waals surface area (Å²) in [5.41, 5.74) is 2.44. The van der Waals surface area contributed by atoms with E-state index in [0.29, 0.717) is 18.8 Å². The van der Waals surface area contributed by atoms with Crippen LogP contribution in [-0.4, -0.2) is 40.3 Å². The Kier molecular flexibility index (Phi) is 3.39. The number of carbonyl (C=O) groups excluding carboxylic acids is 2. The SMILES string of the molecule is CC1(C)C(=O)NCCN1C(=O)c1cc(NN)ccn1. The number of hydrogen-bond donors (Lipinski definition) is 3. The van der Waals surface area contributed by atoms with E-state index < -0.39 is 5.54 Å². The van der Waals surface area contributed by atoms with Gasteiger partial charge in [-0.15, -0.1) is 0 Å². The number of nitrogen functional groups attached to an aromatic ring is 1. The minimum absolute atomic E-state index is 0.166. The third-order valence-electron chi connectivity index (χ3n) is 3.24. The molecule has 1 aromatic rings. The van der Waals surface area contributed by atoms with Gasteiger partial charge in [-0.1, -0.05) is 0 Å². The molecule has 19 heavy (non-hydrogen) atoms. The van der Waals surface area contributed by atoms with Gasteiger partial charge in [0.1, 0.15) is 11.2 Å². The van der Waals surface area contributed by atoms with Crippen molar-refractivity contribution >= 4 is 17.5 Å². The molecule has 102 valence electrons. The van der Waals surface area contributed by atoms with Crippen LogP contribution in [0.15, 0.2) is 18.3 Å². The molecule has 7 nitrogen and oxygen atoms in total. The first kappa shape index (κ1) is 13.3. The van der Waals surface area contributed by atoms with Gasteiger partial charge in [0.2, 0.25) is 5.91 Å². The van der Waals surface area contributed by atoms with E-state index in [1.54, 1.807) is 26.0 Å². The molecule has 0 aliphatic carbocycles. The monoisotopic (exact) mass is 263 g/mol. The average molecular weight is 263 g/mol. The Hall–Kier alpha value is -2.15. The molecule has 2 amide bonds. The van der Waals surface area contributed by atoms with Gasteiger partial charge in [0.15, 0.2) is 0 Å². The largest absolute Gasteiger partial charge is 0.352 e. The molecular weight excluding hydrogens is 246 g/mol. The minimum Gasteiger partial charge on any atom is -0.352 e. The summed E-state index contributed by atoms with van der Waals surface area (Å²) < 4.78 is 0. The van der Waals surface area contributed by atoms with Crippen molar-refractivity contribution in [2.45, 2.75) is 19.4 Å². The zero-order valence-electron chi connectivity index (χ0n) is 10.9. The smallest absolute Gasteiger partial charge is 0.273 e. The van der Waals surface area contributed by atoms with Gasteiger partial charge >= 0.3 is 0 Å². The van der Waals surface area contributed by atoms with Crippen LogP contribution in [0.4, 0.5) is 5.69 Å². The highest BCUT2D eigenvalue weighted by Gasteiger charge is 2.41. The van der Waals surface area contributed by atoms with Gasteiger partial charge in [-0.2, -0.15) is 0 Å². The fraction of sp³-hybridized carbons (Fsp3) is 0.417. The van der Waals surface area contributed by atoms with Gasteiger partial charge in [-0.3, -0.25) is 20.4 Å². The van der Waals surface area contributed by atoms with Crippen LogP contribution in [0.2, 0.25) is 0 Å². The first-order valence-electron chi connectivity index (χ1n) is 6.00. The van der Waals surface area contributed by atoms with Gasteiger partial charge in [0.05, 0.1) is 5.69 Å².